The second kappa shape index (κ2) is 10.2. The maximum Gasteiger partial charge on any atom is 0.410 e. The number of benzene rings is 2. The van der Waals surface area contributed by atoms with E-state index in [9.17, 15) is 4.79 Å². The van der Waals surface area contributed by atoms with Crippen molar-refractivity contribution in [2.24, 2.45) is 11.8 Å². The number of rotatable bonds is 6. The van der Waals surface area contributed by atoms with Crippen LogP contribution < -0.4 is 15.0 Å². The Balaban J connectivity index is 1.06. The van der Waals surface area contributed by atoms with Crippen molar-refractivity contribution in [1.82, 2.24) is 19.4 Å². The zero-order chi connectivity index (χ0) is 29.0. The fourth-order valence-electron chi connectivity index (χ4n) is 6.41. The van der Waals surface area contributed by atoms with Gasteiger partial charge in [0.2, 0.25) is 5.95 Å². The molecule has 0 bridgehead atoms. The molecule has 2 unspecified atom stereocenters. The minimum atomic E-state index is -0.476. The van der Waals surface area contributed by atoms with Crippen molar-refractivity contribution in [2.45, 2.75) is 45.3 Å². The Kier molecular flexibility index (Phi) is 6.48. The number of hydrogen-bond donors (Lipinski definition) is 1. The van der Waals surface area contributed by atoms with E-state index in [-0.39, 0.29) is 6.09 Å². The van der Waals surface area contributed by atoms with Gasteiger partial charge in [-0.25, -0.2) is 14.8 Å². The van der Waals surface area contributed by atoms with Crippen LogP contribution in [0.5, 0.6) is 5.75 Å². The van der Waals surface area contributed by atoms with Crippen LogP contribution in [0.2, 0.25) is 0 Å². The Morgan fingerprint density at radius 3 is 2.48 bits per heavy atom. The molecule has 42 heavy (non-hydrogen) atoms. The first-order valence-corrected chi connectivity index (χ1v) is 14.9. The van der Waals surface area contributed by atoms with Gasteiger partial charge in [-0.2, -0.15) is 0 Å². The summed E-state index contributed by atoms with van der Waals surface area (Å²) in [5, 5.41) is 4.60. The monoisotopic (exact) mass is 566 g/mol. The number of likely N-dealkylation sites (tertiary alicyclic amines) is 1. The van der Waals surface area contributed by atoms with Crippen molar-refractivity contribution in [3.8, 4) is 17.0 Å². The van der Waals surface area contributed by atoms with Gasteiger partial charge in [0.15, 0.2) is 0 Å². The zero-order valence-corrected chi connectivity index (χ0v) is 24.7. The number of amides is 1. The highest BCUT2D eigenvalue weighted by atomic mass is 16.6. The normalized spacial score (nSPS) is 20.2. The lowest BCUT2D eigenvalue weighted by molar-refractivity contribution is 0.0282. The Morgan fingerprint density at radius 2 is 1.76 bits per heavy atom. The van der Waals surface area contributed by atoms with Gasteiger partial charge in [0.05, 0.1) is 18.5 Å². The third-order valence-electron chi connectivity index (χ3n) is 8.55. The first-order chi connectivity index (χ1) is 20.3. The number of ether oxygens (including phenoxy) is 2. The summed E-state index contributed by atoms with van der Waals surface area (Å²) >= 11 is 0. The minimum Gasteiger partial charge on any atom is -0.494 e. The van der Waals surface area contributed by atoms with Crippen LogP contribution in [0, 0.1) is 11.8 Å². The van der Waals surface area contributed by atoms with E-state index in [2.05, 4.69) is 62.4 Å². The molecular formula is C33H38N6O3. The number of hydrogen-bond acceptors (Lipinski definition) is 7. The number of aromatic nitrogens is 3. The minimum absolute atomic E-state index is 0.208. The molecule has 7 rings (SSSR count). The molecule has 2 aromatic carbocycles. The highest BCUT2D eigenvalue weighted by Gasteiger charge is 2.43. The standard InChI is InChI=1S/C33H38N6O3/c1-33(2,3)42-32(40)38-18-21-16-37(17-22(21)19-38)24-11-12-28(30(15-24)41-4)36-31-34-14-13-27(35-31)26-20-39(23-9-10-23)29-8-6-5-7-25(26)29/h5-8,11-15,20-23H,9-10,16-19H2,1-4H3,(H,34,35,36). The van der Waals surface area contributed by atoms with E-state index in [1.165, 1.54) is 23.7 Å². The smallest absolute Gasteiger partial charge is 0.410 e. The molecular weight excluding hydrogens is 528 g/mol. The summed E-state index contributed by atoms with van der Waals surface area (Å²) in [4.78, 5) is 26.2. The van der Waals surface area contributed by atoms with Gasteiger partial charge < -0.3 is 29.2 Å². The van der Waals surface area contributed by atoms with Gasteiger partial charge in [-0.15, -0.1) is 0 Å². The molecule has 3 aliphatic rings. The number of para-hydroxylation sites is 1. The largest absolute Gasteiger partial charge is 0.494 e. The molecule has 3 fully saturated rings. The van der Waals surface area contributed by atoms with Crippen LogP contribution in [0.1, 0.15) is 39.7 Å². The Bertz CT molecular complexity index is 1620. The second-order valence-electron chi connectivity index (χ2n) is 12.8. The van der Waals surface area contributed by atoms with Gasteiger partial charge >= 0.3 is 6.09 Å². The van der Waals surface area contributed by atoms with Crippen LogP contribution >= 0.6 is 0 Å². The molecule has 1 aliphatic carbocycles. The van der Waals surface area contributed by atoms with Crippen LogP contribution in [-0.2, 0) is 4.74 Å². The summed E-state index contributed by atoms with van der Waals surface area (Å²) in [7, 11) is 1.69. The molecule has 2 aromatic heterocycles. The maximum absolute atomic E-state index is 12.6. The van der Waals surface area contributed by atoms with Gasteiger partial charge in [-0.05, 0) is 57.9 Å². The number of fused-ring (bicyclic) bond motifs is 2. The average Bonchev–Trinajstić information content (AvgIpc) is 3.43. The van der Waals surface area contributed by atoms with Gasteiger partial charge in [-0.3, -0.25) is 0 Å². The SMILES string of the molecule is COc1cc(N2CC3CN(C(=O)OC(C)(C)C)CC3C2)ccc1Nc1nccc(-c2cn(C3CC3)c3ccccc23)n1. The van der Waals surface area contributed by atoms with E-state index < -0.39 is 5.60 Å². The van der Waals surface area contributed by atoms with Crippen LogP contribution in [-0.4, -0.2) is 64.4 Å². The van der Waals surface area contributed by atoms with Crippen molar-refractivity contribution in [1.29, 1.82) is 0 Å². The van der Waals surface area contributed by atoms with Crippen molar-refractivity contribution in [3.63, 3.8) is 0 Å². The molecule has 9 heteroatoms. The van der Waals surface area contributed by atoms with Gasteiger partial charge in [-0.1, -0.05) is 18.2 Å². The van der Waals surface area contributed by atoms with Gasteiger partial charge in [0, 0.05) is 84.7 Å². The fourth-order valence-corrected chi connectivity index (χ4v) is 6.41. The van der Waals surface area contributed by atoms with E-state index in [1.807, 2.05) is 37.8 Å². The zero-order valence-electron chi connectivity index (χ0n) is 24.7. The summed E-state index contributed by atoms with van der Waals surface area (Å²) in [6.07, 6.45) is 6.29. The second-order valence-corrected chi connectivity index (χ2v) is 12.8. The summed E-state index contributed by atoms with van der Waals surface area (Å²) in [6.45, 7) is 9.01. The molecule has 4 aromatic rings. The molecule has 1 saturated carbocycles. The number of nitrogens with zero attached hydrogens (tertiary/aromatic N) is 5. The average molecular weight is 567 g/mol. The molecule has 1 amide bonds. The van der Waals surface area contributed by atoms with Crippen molar-refractivity contribution >= 4 is 34.3 Å². The number of carbonyl (C=O) groups excluding carboxylic acids is 1. The van der Waals surface area contributed by atoms with Gasteiger partial charge in [0.25, 0.3) is 0 Å². The number of nitrogens with one attached hydrogen (secondary N) is 1. The summed E-state index contributed by atoms with van der Waals surface area (Å²) in [5.41, 5.74) is 4.71. The topological polar surface area (TPSA) is 84.8 Å². The summed E-state index contributed by atoms with van der Waals surface area (Å²) in [6, 6.07) is 17.3. The molecule has 0 spiro atoms. The molecule has 1 N–H and O–H groups in total. The molecule has 2 aliphatic heterocycles. The molecule has 0 radical (unpaired) electrons. The number of carbonyl (C=O) groups is 1. The first kappa shape index (κ1) is 26.6. The third kappa shape index (κ3) is 5.12. The molecule has 9 nitrogen and oxygen atoms in total. The van der Waals surface area contributed by atoms with Crippen LogP contribution in [0.3, 0.4) is 0 Å². The van der Waals surface area contributed by atoms with E-state index >= 15 is 0 Å². The Morgan fingerprint density at radius 1 is 1.00 bits per heavy atom. The van der Waals surface area contributed by atoms with Crippen molar-refractivity contribution in [3.05, 3.63) is 60.9 Å². The lowest BCUT2D eigenvalue weighted by Gasteiger charge is -2.26. The highest BCUT2D eigenvalue weighted by Crippen LogP contribution is 2.41. The highest BCUT2D eigenvalue weighted by molar-refractivity contribution is 5.95. The quantitative estimate of drug-likeness (QED) is 0.286. The predicted molar refractivity (Wildman–Crippen MR) is 165 cm³/mol. The molecule has 2 atom stereocenters. The van der Waals surface area contributed by atoms with Crippen molar-refractivity contribution in [2.75, 3.05) is 43.5 Å². The van der Waals surface area contributed by atoms with Gasteiger partial charge in [0.1, 0.15) is 11.4 Å². The maximum atomic E-state index is 12.6. The number of methoxy groups -OCH3 is 1. The number of anilines is 3. The lowest BCUT2D eigenvalue weighted by Crippen LogP contribution is -2.37. The molecule has 218 valence electrons. The first-order valence-electron chi connectivity index (χ1n) is 14.9. The Hall–Kier alpha value is -4.27. The van der Waals surface area contributed by atoms with E-state index in [0.29, 0.717) is 23.8 Å². The fraction of sp³-hybridized carbons (Fsp3) is 0.424. The van der Waals surface area contributed by atoms with Crippen molar-refractivity contribution < 1.29 is 14.3 Å². The third-order valence-corrected chi connectivity index (χ3v) is 8.55. The van der Waals surface area contributed by atoms with Crippen LogP contribution in [0.25, 0.3) is 22.2 Å². The predicted octanol–water partition coefficient (Wildman–Crippen LogP) is 6.49. The lowest BCUT2D eigenvalue weighted by atomic mass is 10.0. The van der Waals surface area contributed by atoms with E-state index in [0.717, 1.165) is 54.6 Å². The van der Waals surface area contributed by atoms with Crippen LogP contribution in [0.4, 0.5) is 22.1 Å². The van der Waals surface area contributed by atoms with E-state index in [4.69, 9.17) is 14.5 Å². The summed E-state index contributed by atoms with van der Waals surface area (Å²) < 4.78 is 13.8. The van der Waals surface area contributed by atoms with E-state index in [1.54, 1.807) is 13.3 Å². The summed E-state index contributed by atoms with van der Waals surface area (Å²) in [5.74, 6) is 2.13. The molecule has 4 heterocycles. The molecule has 2 saturated heterocycles. The van der Waals surface area contributed by atoms with Crippen LogP contribution in [0.15, 0.2) is 60.9 Å². The Labute approximate surface area is 246 Å².